The Morgan fingerprint density at radius 2 is 1.54 bits per heavy atom. The number of nitro groups is 1. The summed E-state index contributed by atoms with van der Waals surface area (Å²) in [5, 5.41) is 5.89. The molecular formula is C18H9ClF10N2O6S2. The predicted octanol–water partition coefficient (Wildman–Crippen LogP) is 5.58. The number of alkyl halides is 10. The average Bonchev–Trinajstić information content (AvgIpc) is 2.78. The number of anilines is 1. The van der Waals surface area contributed by atoms with Gasteiger partial charge in [-0.25, -0.2) is 8.42 Å². The van der Waals surface area contributed by atoms with Crippen molar-refractivity contribution >= 4 is 49.5 Å². The number of hydrogen-bond acceptors (Lipinski definition) is 6. The van der Waals surface area contributed by atoms with Crippen LogP contribution in [0.25, 0.3) is 0 Å². The van der Waals surface area contributed by atoms with E-state index in [0.29, 0.717) is 12.1 Å². The topological polar surface area (TPSA) is 123 Å². The summed E-state index contributed by atoms with van der Waals surface area (Å²) >= 11 is 5.68. The van der Waals surface area contributed by atoms with E-state index in [1.165, 1.54) is 0 Å². The lowest BCUT2D eigenvalue weighted by Crippen LogP contribution is -2.55. The molecule has 8 nitrogen and oxygen atoms in total. The molecule has 0 aromatic heterocycles. The van der Waals surface area contributed by atoms with Crippen LogP contribution in [0.5, 0.6) is 0 Å². The van der Waals surface area contributed by atoms with E-state index in [4.69, 9.17) is 11.6 Å². The molecule has 0 aliphatic rings. The van der Waals surface area contributed by atoms with Crippen LogP contribution in [-0.4, -0.2) is 46.6 Å². The number of carbonyl (C=O) groups is 1. The number of halogens is 11. The highest BCUT2D eigenvalue weighted by molar-refractivity contribution is 7.92. The molecule has 0 saturated carbocycles. The number of benzene rings is 2. The van der Waals surface area contributed by atoms with Crippen LogP contribution in [-0.2, 0) is 31.6 Å². The molecule has 0 aliphatic carbocycles. The second kappa shape index (κ2) is 10.5. The van der Waals surface area contributed by atoms with Crippen LogP contribution in [0.4, 0.5) is 55.3 Å². The van der Waals surface area contributed by atoms with Gasteiger partial charge in [-0.3, -0.25) is 19.1 Å². The van der Waals surface area contributed by atoms with E-state index in [1.807, 2.05) is 5.32 Å². The van der Waals surface area contributed by atoms with Gasteiger partial charge in [-0.05, 0) is 30.3 Å². The summed E-state index contributed by atoms with van der Waals surface area (Å²) in [6, 6.07) is 1.39. The highest BCUT2D eigenvalue weighted by Gasteiger charge is 2.78. The Kier molecular flexibility index (Phi) is 8.69. The molecule has 1 N–H and O–H groups in total. The fourth-order valence-corrected chi connectivity index (χ4v) is 5.14. The van der Waals surface area contributed by atoms with Gasteiger partial charge >= 0.3 is 23.5 Å². The summed E-state index contributed by atoms with van der Waals surface area (Å²) < 4.78 is 166. The number of carbonyl (C=O) groups excluding carboxylic acids is 1. The molecular weight excluding hydrogens is 630 g/mol. The van der Waals surface area contributed by atoms with Gasteiger partial charge in [0.2, 0.25) is 5.91 Å². The molecule has 0 heterocycles. The van der Waals surface area contributed by atoms with Crippen molar-refractivity contribution in [1.29, 1.82) is 0 Å². The second-order valence-corrected chi connectivity index (χ2v) is 11.0. The largest absolute Gasteiger partial charge is 0.461 e. The van der Waals surface area contributed by atoms with Crippen molar-refractivity contribution in [3.63, 3.8) is 0 Å². The quantitative estimate of drug-likeness (QED) is 0.229. The molecule has 0 fully saturated rings. The summed E-state index contributed by atoms with van der Waals surface area (Å²) in [4.78, 5) is 18.7. The van der Waals surface area contributed by atoms with Crippen molar-refractivity contribution in [1.82, 2.24) is 0 Å². The van der Waals surface area contributed by atoms with Crippen LogP contribution in [0.3, 0.4) is 0 Å². The maximum Gasteiger partial charge on any atom is 0.461 e. The van der Waals surface area contributed by atoms with Crippen molar-refractivity contribution in [2.45, 2.75) is 33.3 Å². The Labute approximate surface area is 217 Å². The van der Waals surface area contributed by atoms with Crippen molar-refractivity contribution in [2.75, 3.05) is 11.1 Å². The van der Waals surface area contributed by atoms with Crippen molar-refractivity contribution in [3.8, 4) is 0 Å². The van der Waals surface area contributed by atoms with Crippen molar-refractivity contribution < 1.29 is 66.2 Å². The third kappa shape index (κ3) is 6.26. The molecule has 1 atom stereocenters. The molecule has 0 bridgehead atoms. The van der Waals surface area contributed by atoms with Gasteiger partial charge in [-0.1, -0.05) is 11.6 Å². The summed E-state index contributed by atoms with van der Waals surface area (Å²) in [5.74, 6) is -9.77. The van der Waals surface area contributed by atoms with Gasteiger partial charge in [-0.2, -0.15) is 43.9 Å². The van der Waals surface area contributed by atoms with Gasteiger partial charge in [0.15, 0.2) is 0 Å². The Bertz CT molecular complexity index is 1440. The molecule has 1 amide bonds. The molecule has 2 aromatic carbocycles. The number of amides is 1. The summed E-state index contributed by atoms with van der Waals surface area (Å²) in [7, 11) is -9.82. The lowest BCUT2D eigenvalue weighted by molar-refractivity contribution is -0.388. The minimum atomic E-state index is -7.13. The van der Waals surface area contributed by atoms with Crippen LogP contribution < -0.4 is 5.32 Å². The van der Waals surface area contributed by atoms with Gasteiger partial charge in [-0.15, -0.1) is 0 Å². The Hall–Kier alpha value is -3.00. The zero-order valence-electron chi connectivity index (χ0n) is 18.0. The SMILES string of the molecule is O=C(CS(=O)c1ccc(S(=O)(=O)C(F)(F)C(F)(F)C(F)(F)F)cc1[N+](=O)[O-])Nc1cc(C(F)(F)F)ccc1Cl. The number of nitrogens with zero attached hydrogens (tertiary/aromatic N) is 1. The fraction of sp³-hybridized carbons (Fsp3) is 0.278. The molecule has 2 rings (SSSR count). The fourth-order valence-electron chi connectivity index (χ4n) is 2.66. The lowest BCUT2D eigenvalue weighted by Gasteiger charge is -2.27. The van der Waals surface area contributed by atoms with Crippen LogP contribution >= 0.6 is 11.6 Å². The van der Waals surface area contributed by atoms with Gasteiger partial charge < -0.3 is 5.32 Å². The third-order valence-corrected chi connectivity index (χ3v) is 8.07. The van der Waals surface area contributed by atoms with E-state index in [-0.39, 0.29) is 18.2 Å². The first kappa shape index (κ1) is 32.2. The summed E-state index contributed by atoms with van der Waals surface area (Å²) in [6.45, 7) is 0. The normalized spacial score (nSPS) is 14.1. The Balaban J connectivity index is 2.42. The van der Waals surface area contributed by atoms with E-state index < -0.39 is 92.5 Å². The zero-order chi connectivity index (χ0) is 30.4. The molecule has 0 aliphatic heterocycles. The van der Waals surface area contributed by atoms with Gasteiger partial charge in [0, 0.05) is 6.07 Å². The van der Waals surface area contributed by atoms with E-state index >= 15 is 0 Å². The highest BCUT2D eigenvalue weighted by atomic mass is 35.5. The van der Waals surface area contributed by atoms with E-state index in [1.54, 1.807) is 0 Å². The minimum Gasteiger partial charge on any atom is -0.324 e. The van der Waals surface area contributed by atoms with E-state index in [0.717, 1.165) is 6.07 Å². The predicted molar refractivity (Wildman–Crippen MR) is 113 cm³/mol. The van der Waals surface area contributed by atoms with E-state index in [2.05, 4.69) is 0 Å². The molecule has 2 aromatic rings. The van der Waals surface area contributed by atoms with Crippen LogP contribution in [0, 0.1) is 10.1 Å². The number of nitro benzene ring substituents is 1. The van der Waals surface area contributed by atoms with Gasteiger partial charge in [0.1, 0.15) is 10.6 Å². The minimum absolute atomic E-state index is 0.0858. The maximum absolute atomic E-state index is 13.8. The number of rotatable bonds is 8. The second-order valence-electron chi connectivity index (χ2n) is 7.21. The third-order valence-electron chi connectivity index (χ3n) is 4.57. The first-order valence-corrected chi connectivity index (χ1v) is 12.5. The van der Waals surface area contributed by atoms with Crippen molar-refractivity contribution in [2.24, 2.45) is 0 Å². The Morgan fingerprint density at radius 3 is 2.03 bits per heavy atom. The first-order chi connectivity index (χ1) is 17.4. The zero-order valence-corrected chi connectivity index (χ0v) is 20.4. The number of hydrogen-bond donors (Lipinski definition) is 1. The van der Waals surface area contributed by atoms with E-state index in [9.17, 15) is 71.4 Å². The van der Waals surface area contributed by atoms with Crippen molar-refractivity contribution in [3.05, 3.63) is 57.1 Å². The molecule has 0 spiro atoms. The maximum atomic E-state index is 13.8. The molecule has 21 heteroatoms. The molecule has 39 heavy (non-hydrogen) atoms. The molecule has 0 saturated heterocycles. The van der Waals surface area contributed by atoms with Gasteiger partial charge in [0.05, 0.1) is 36.9 Å². The molecule has 1 unspecified atom stereocenters. The van der Waals surface area contributed by atoms with Gasteiger partial charge in [0.25, 0.3) is 15.5 Å². The smallest absolute Gasteiger partial charge is 0.324 e. The monoisotopic (exact) mass is 638 g/mol. The Morgan fingerprint density at radius 1 is 0.974 bits per heavy atom. The van der Waals surface area contributed by atoms with Crippen LogP contribution in [0.2, 0.25) is 5.02 Å². The summed E-state index contributed by atoms with van der Waals surface area (Å²) in [6.07, 6.45) is -11.9. The van der Waals surface area contributed by atoms with Crippen LogP contribution in [0.1, 0.15) is 5.56 Å². The van der Waals surface area contributed by atoms with Crippen LogP contribution in [0.15, 0.2) is 46.2 Å². The standard InChI is InChI=1S/C18H9ClF10N2O6S2/c19-10-3-1-8(15(20,21)22)5-11(10)30-14(32)7-38(35)13-4-2-9(6-12(13)31(33)34)39(36,37)18(28,29)16(23,24)17(25,26)27/h1-6H,7H2,(H,30,32). The first-order valence-electron chi connectivity index (χ1n) is 9.35. The molecule has 0 radical (unpaired) electrons. The number of nitrogens with one attached hydrogen (secondary N) is 1. The lowest BCUT2D eigenvalue weighted by atomic mass is 10.2. The summed E-state index contributed by atoms with van der Waals surface area (Å²) in [5.41, 5.74) is -3.52. The highest BCUT2D eigenvalue weighted by Crippen LogP contribution is 2.51. The number of sulfone groups is 1. The average molecular weight is 639 g/mol. The molecule has 216 valence electrons.